The Morgan fingerprint density at radius 2 is 1.72 bits per heavy atom. The van der Waals surface area contributed by atoms with Gasteiger partial charge in [0.2, 0.25) is 10.0 Å². The van der Waals surface area contributed by atoms with E-state index in [9.17, 15) is 13.2 Å². The Morgan fingerprint density at radius 1 is 1.17 bits per heavy atom. The lowest BCUT2D eigenvalue weighted by atomic mass is 10.1. The molecule has 0 atom stereocenters. The molecule has 0 spiro atoms. The minimum Gasteiger partial charge on any atom is -0.347 e. The van der Waals surface area contributed by atoms with Gasteiger partial charge in [-0.15, -0.1) is 0 Å². The average molecular weight is 270 g/mol. The molecule has 0 heterocycles. The number of amides is 1. The number of para-hydroxylation sites is 1. The first kappa shape index (κ1) is 14.5. The number of hydrogen-bond acceptors (Lipinski definition) is 3. The summed E-state index contributed by atoms with van der Waals surface area (Å²) in [7, 11) is -3.41. The van der Waals surface area contributed by atoms with Crippen LogP contribution in [-0.2, 0) is 10.0 Å². The van der Waals surface area contributed by atoms with Gasteiger partial charge in [0.15, 0.2) is 0 Å². The van der Waals surface area contributed by atoms with Gasteiger partial charge in [-0.1, -0.05) is 12.1 Å². The first-order valence-corrected chi connectivity index (χ1v) is 7.37. The van der Waals surface area contributed by atoms with Gasteiger partial charge in [-0.2, -0.15) is 0 Å². The average Bonchev–Trinajstić information content (AvgIpc) is 2.12. The third-order valence-corrected chi connectivity index (χ3v) is 2.55. The van der Waals surface area contributed by atoms with Crippen molar-refractivity contribution < 1.29 is 13.2 Å². The Labute approximate surface area is 108 Å². The topological polar surface area (TPSA) is 75.3 Å². The van der Waals surface area contributed by atoms with E-state index >= 15 is 0 Å². The summed E-state index contributed by atoms with van der Waals surface area (Å²) in [6.45, 7) is 5.58. The van der Waals surface area contributed by atoms with E-state index in [4.69, 9.17) is 0 Å². The zero-order valence-corrected chi connectivity index (χ0v) is 11.8. The largest absolute Gasteiger partial charge is 0.347 e. The second-order valence-corrected chi connectivity index (χ2v) is 6.87. The Morgan fingerprint density at radius 3 is 2.22 bits per heavy atom. The van der Waals surface area contributed by atoms with E-state index in [0.717, 1.165) is 6.26 Å². The fourth-order valence-electron chi connectivity index (χ4n) is 1.38. The molecule has 100 valence electrons. The van der Waals surface area contributed by atoms with Crippen LogP contribution < -0.4 is 10.0 Å². The fraction of sp³-hybridized carbons (Fsp3) is 0.417. The highest BCUT2D eigenvalue weighted by atomic mass is 32.2. The summed E-state index contributed by atoms with van der Waals surface area (Å²) in [5.74, 6) is -0.311. The number of anilines is 1. The Balaban J connectivity index is 3.06. The summed E-state index contributed by atoms with van der Waals surface area (Å²) in [4.78, 5) is 12.0. The number of hydrogen-bond donors (Lipinski definition) is 2. The highest BCUT2D eigenvalue weighted by molar-refractivity contribution is 7.92. The molecule has 6 heteroatoms. The van der Waals surface area contributed by atoms with Crippen molar-refractivity contribution in [3.63, 3.8) is 0 Å². The minimum absolute atomic E-state index is 0.279. The molecule has 0 unspecified atom stereocenters. The van der Waals surface area contributed by atoms with E-state index in [1.54, 1.807) is 24.3 Å². The molecule has 0 fully saturated rings. The summed E-state index contributed by atoms with van der Waals surface area (Å²) in [5.41, 5.74) is 0.203. The van der Waals surface area contributed by atoms with Crippen molar-refractivity contribution in [2.45, 2.75) is 26.3 Å². The molecule has 1 aromatic carbocycles. The van der Waals surface area contributed by atoms with Crippen LogP contribution >= 0.6 is 0 Å². The number of nitrogens with one attached hydrogen (secondary N) is 2. The van der Waals surface area contributed by atoms with Gasteiger partial charge in [0, 0.05) is 5.54 Å². The SMILES string of the molecule is CC(C)(C)NC(=O)c1ccccc1NS(C)(=O)=O. The normalized spacial score (nSPS) is 12.0. The molecule has 0 aliphatic heterocycles. The van der Waals surface area contributed by atoms with Crippen LogP contribution in [0.4, 0.5) is 5.69 Å². The summed E-state index contributed by atoms with van der Waals surface area (Å²) < 4.78 is 24.8. The lowest BCUT2D eigenvalue weighted by molar-refractivity contribution is 0.0920. The van der Waals surface area contributed by atoms with Gasteiger partial charge in [-0.05, 0) is 32.9 Å². The van der Waals surface area contributed by atoms with E-state index in [0.29, 0.717) is 5.56 Å². The van der Waals surface area contributed by atoms with Gasteiger partial charge in [-0.25, -0.2) is 8.42 Å². The Bertz CT molecular complexity index is 545. The van der Waals surface area contributed by atoms with Gasteiger partial charge >= 0.3 is 0 Å². The third kappa shape index (κ3) is 4.75. The predicted octanol–water partition coefficient (Wildman–Crippen LogP) is 1.59. The van der Waals surface area contributed by atoms with Crippen molar-refractivity contribution in [1.82, 2.24) is 5.32 Å². The molecule has 0 aromatic heterocycles. The van der Waals surface area contributed by atoms with Crippen LogP contribution in [0.15, 0.2) is 24.3 Å². The van der Waals surface area contributed by atoms with Crippen LogP contribution in [0, 0.1) is 0 Å². The highest BCUT2D eigenvalue weighted by Crippen LogP contribution is 2.17. The van der Waals surface area contributed by atoms with Gasteiger partial charge in [0.1, 0.15) is 0 Å². The minimum atomic E-state index is -3.41. The molecule has 0 saturated heterocycles. The molecule has 0 aliphatic rings. The number of carbonyl (C=O) groups is 1. The van der Waals surface area contributed by atoms with Crippen LogP contribution in [0.2, 0.25) is 0 Å². The van der Waals surface area contributed by atoms with Crippen molar-refractivity contribution in [2.24, 2.45) is 0 Å². The molecule has 1 rings (SSSR count). The molecular formula is C12H18N2O3S. The van der Waals surface area contributed by atoms with Crippen LogP contribution in [0.1, 0.15) is 31.1 Å². The van der Waals surface area contributed by atoms with Crippen LogP contribution in [0.25, 0.3) is 0 Å². The second-order valence-electron chi connectivity index (χ2n) is 5.12. The molecule has 2 N–H and O–H groups in total. The van der Waals surface area contributed by atoms with Crippen molar-refractivity contribution in [3.05, 3.63) is 29.8 Å². The number of sulfonamides is 1. The molecule has 0 bridgehead atoms. The molecule has 1 aromatic rings. The summed E-state index contributed by atoms with van der Waals surface area (Å²) >= 11 is 0. The van der Waals surface area contributed by atoms with Crippen molar-refractivity contribution in [1.29, 1.82) is 0 Å². The molecule has 5 nitrogen and oxygen atoms in total. The fourth-order valence-corrected chi connectivity index (χ4v) is 1.96. The quantitative estimate of drug-likeness (QED) is 0.875. The Kier molecular flexibility index (Phi) is 4.01. The number of carbonyl (C=O) groups excluding carboxylic acids is 1. The van der Waals surface area contributed by atoms with Gasteiger partial charge in [0.25, 0.3) is 5.91 Å². The number of rotatable bonds is 3. The summed E-state index contributed by atoms with van der Waals surface area (Å²) in [6, 6.07) is 6.49. The molecule has 0 aliphatic carbocycles. The van der Waals surface area contributed by atoms with E-state index in [-0.39, 0.29) is 17.1 Å². The van der Waals surface area contributed by atoms with Crippen molar-refractivity contribution >= 4 is 21.6 Å². The Hall–Kier alpha value is -1.56. The van der Waals surface area contributed by atoms with Gasteiger partial charge in [-0.3, -0.25) is 9.52 Å². The zero-order chi connectivity index (χ0) is 14.0. The van der Waals surface area contributed by atoms with E-state index in [1.807, 2.05) is 20.8 Å². The first-order chi connectivity index (χ1) is 8.08. The molecule has 18 heavy (non-hydrogen) atoms. The van der Waals surface area contributed by atoms with Gasteiger partial charge < -0.3 is 5.32 Å². The zero-order valence-electron chi connectivity index (χ0n) is 10.9. The van der Waals surface area contributed by atoms with Gasteiger partial charge in [0.05, 0.1) is 17.5 Å². The number of benzene rings is 1. The molecule has 0 saturated carbocycles. The maximum absolute atomic E-state index is 12.0. The van der Waals surface area contributed by atoms with Crippen molar-refractivity contribution in [3.8, 4) is 0 Å². The summed E-state index contributed by atoms with van der Waals surface area (Å²) in [6.07, 6.45) is 1.05. The predicted molar refractivity (Wildman–Crippen MR) is 72.1 cm³/mol. The lowest BCUT2D eigenvalue weighted by Gasteiger charge is -2.21. The summed E-state index contributed by atoms with van der Waals surface area (Å²) in [5, 5.41) is 2.79. The van der Waals surface area contributed by atoms with Crippen molar-refractivity contribution in [2.75, 3.05) is 11.0 Å². The van der Waals surface area contributed by atoms with Crippen LogP contribution in [-0.4, -0.2) is 26.1 Å². The smallest absolute Gasteiger partial charge is 0.253 e. The molecular weight excluding hydrogens is 252 g/mol. The third-order valence-electron chi connectivity index (χ3n) is 1.96. The standard InChI is InChI=1S/C12H18N2O3S/c1-12(2,3)13-11(15)9-7-5-6-8-10(9)14-18(4,16)17/h5-8,14H,1-4H3,(H,13,15). The first-order valence-electron chi connectivity index (χ1n) is 5.48. The molecule has 0 radical (unpaired) electrons. The monoisotopic (exact) mass is 270 g/mol. The molecule has 1 amide bonds. The lowest BCUT2D eigenvalue weighted by Crippen LogP contribution is -2.40. The van der Waals surface area contributed by atoms with E-state index in [1.165, 1.54) is 0 Å². The highest BCUT2D eigenvalue weighted by Gasteiger charge is 2.18. The van der Waals surface area contributed by atoms with E-state index in [2.05, 4.69) is 10.0 Å². The maximum Gasteiger partial charge on any atom is 0.253 e. The maximum atomic E-state index is 12.0. The van der Waals surface area contributed by atoms with E-state index < -0.39 is 10.0 Å². The van der Waals surface area contributed by atoms with Crippen LogP contribution in [0.5, 0.6) is 0 Å². The van der Waals surface area contributed by atoms with Crippen LogP contribution in [0.3, 0.4) is 0 Å². The second kappa shape index (κ2) is 4.97.